The third-order valence-corrected chi connectivity index (χ3v) is 5.20. The van der Waals surface area contributed by atoms with E-state index in [2.05, 4.69) is 34.6 Å². The fourth-order valence-corrected chi connectivity index (χ4v) is 3.87. The second-order valence-corrected chi connectivity index (χ2v) is 7.48. The highest BCUT2D eigenvalue weighted by Crippen LogP contribution is 2.34. The van der Waals surface area contributed by atoms with Gasteiger partial charge in [-0.05, 0) is 43.7 Å². The molecule has 1 aliphatic rings. The number of thioether (sulfide) groups is 1. The fraction of sp³-hybridized carbons (Fsp3) is 0.250. The lowest BCUT2D eigenvalue weighted by Gasteiger charge is -2.09. The van der Waals surface area contributed by atoms with Crippen molar-refractivity contribution in [3.63, 3.8) is 0 Å². The van der Waals surface area contributed by atoms with Gasteiger partial charge in [-0.3, -0.25) is 9.36 Å². The van der Waals surface area contributed by atoms with E-state index in [0.717, 1.165) is 16.7 Å². The minimum absolute atomic E-state index is 0.0651. The van der Waals surface area contributed by atoms with Gasteiger partial charge in [-0.25, -0.2) is 0 Å². The number of carbonyl (C=O) groups excluding carboxylic acids is 1. The van der Waals surface area contributed by atoms with Crippen LogP contribution in [0.4, 0.5) is 5.69 Å². The second-order valence-electron chi connectivity index (χ2n) is 6.42. The molecule has 1 amide bonds. The number of ether oxygens (including phenoxy) is 2. The maximum Gasteiger partial charge on any atom is 0.231 e. The number of hydrogen-bond acceptors (Lipinski definition) is 6. The van der Waals surface area contributed by atoms with Crippen molar-refractivity contribution in [3.05, 3.63) is 53.9 Å². The fourth-order valence-electron chi connectivity index (χ4n) is 2.93. The van der Waals surface area contributed by atoms with E-state index < -0.39 is 0 Å². The van der Waals surface area contributed by atoms with Gasteiger partial charge in [0.15, 0.2) is 16.7 Å². The van der Waals surface area contributed by atoms with Gasteiger partial charge in [0.1, 0.15) is 5.82 Å². The first-order valence-electron chi connectivity index (χ1n) is 8.91. The zero-order chi connectivity index (χ0) is 19.5. The van der Waals surface area contributed by atoms with Crippen LogP contribution in [0, 0.1) is 13.8 Å². The quantitative estimate of drug-likeness (QED) is 0.640. The number of hydrogen-bond donors (Lipinski definition) is 1. The summed E-state index contributed by atoms with van der Waals surface area (Å²) in [7, 11) is 0. The topological polar surface area (TPSA) is 78.3 Å². The third-order valence-electron chi connectivity index (χ3n) is 4.27. The molecule has 0 saturated heterocycles. The number of benzene rings is 2. The van der Waals surface area contributed by atoms with Crippen molar-refractivity contribution >= 4 is 23.4 Å². The van der Waals surface area contributed by atoms with E-state index in [9.17, 15) is 4.79 Å². The van der Waals surface area contributed by atoms with Crippen LogP contribution in [0.1, 0.15) is 17.8 Å². The van der Waals surface area contributed by atoms with E-state index in [0.29, 0.717) is 29.4 Å². The molecule has 2 aromatic carbocycles. The van der Waals surface area contributed by atoms with Crippen molar-refractivity contribution in [2.75, 3.05) is 17.9 Å². The van der Waals surface area contributed by atoms with Crippen LogP contribution in [0.15, 0.2) is 47.6 Å². The maximum atomic E-state index is 12.3. The number of nitrogens with one attached hydrogen (secondary N) is 1. The molecule has 0 saturated carbocycles. The van der Waals surface area contributed by atoms with E-state index in [4.69, 9.17) is 9.47 Å². The maximum absolute atomic E-state index is 12.3. The Morgan fingerprint density at radius 3 is 2.86 bits per heavy atom. The van der Waals surface area contributed by atoms with Crippen LogP contribution < -0.4 is 14.8 Å². The van der Waals surface area contributed by atoms with E-state index in [-0.39, 0.29) is 12.7 Å². The Morgan fingerprint density at radius 1 is 1.14 bits per heavy atom. The molecule has 144 valence electrons. The average molecular weight is 396 g/mol. The van der Waals surface area contributed by atoms with Crippen LogP contribution in [0.2, 0.25) is 0 Å². The van der Waals surface area contributed by atoms with Gasteiger partial charge in [-0.15, -0.1) is 10.2 Å². The third kappa shape index (κ3) is 3.96. The second kappa shape index (κ2) is 7.93. The van der Waals surface area contributed by atoms with Crippen LogP contribution in [-0.2, 0) is 4.79 Å². The monoisotopic (exact) mass is 396 g/mol. The van der Waals surface area contributed by atoms with E-state index in [1.807, 2.05) is 23.6 Å². The Balaban J connectivity index is 1.36. The Kier molecular flexibility index (Phi) is 5.21. The molecule has 1 aliphatic heterocycles. The van der Waals surface area contributed by atoms with Gasteiger partial charge >= 0.3 is 0 Å². The van der Waals surface area contributed by atoms with Gasteiger partial charge < -0.3 is 14.8 Å². The number of anilines is 1. The Labute approximate surface area is 167 Å². The molecule has 0 bridgehead atoms. The van der Waals surface area contributed by atoms with Crippen molar-refractivity contribution in [2.24, 2.45) is 0 Å². The van der Waals surface area contributed by atoms with Gasteiger partial charge in [-0.1, -0.05) is 23.9 Å². The lowest BCUT2D eigenvalue weighted by atomic mass is 10.2. The largest absolute Gasteiger partial charge is 0.454 e. The Bertz CT molecular complexity index is 1020. The molecule has 0 unspecified atom stereocenters. The number of nitrogens with zero attached hydrogens (tertiary/aromatic N) is 3. The van der Waals surface area contributed by atoms with Crippen LogP contribution in [-0.4, -0.2) is 33.2 Å². The van der Waals surface area contributed by atoms with Crippen molar-refractivity contribution in [3.8, 4) is 17.2 Å². The minimum atomic E-state index is -0.0651. The zero-order valence-corrected chi connectivity index (χ0v) is 16.5. The normalized spacial score (nSPS) is 12.2. The van der Waals surface area contributed by atoms with Gasteiger partial charge in [0.25, 0.3) is 0 Å². The zero-order valence-electron chi connectivity index (χ0n) is 15.6. The number of rotatable bonds is 6. The number of amides is 1. The van der Waals surface area contributed by atoms with Gasteiger partial charge in [-0.2, -0.15) is 0 Å². The molecule has 7 nitrogen and oxygen atoms in total. The molecule has 4 rings (SSSR count). The molecule has 3 aromatic rings. The van der Waals surface area contributed by atoms with Crippen molar-refractivity contribution in [1.29, 1.82) is 0 Å². The molecular formula is C20H20N4O3S. The molecule has 28 heavy (non-hydrogen) atoms. The molecule has 1 aromatic heterocycles. The van der Waals surface area contributed by atoms with Crippen LogP contribution in [0.3, 0.4) is 0 Å². The Hall–Kier alpha value is -3.00. The van der Waals surface area contributed by atoms with E-state index in [1.54, 1.807) is 18.2 Å². The summed E-state index contributed by atoms with van der Waals surface area (Å²) >= 11 is 1.51. The number of carbonyl (C=O) groups is 1. The summed E-state index contributed by atoms with van der Waals surface area (Å²) in [6.45, 7) is 4.19. The molecule has 2 heterocycles. The van der Waals surface area contributed by atoms with Crippen LogP contribution in [0.5, 0.6) is 11.5 Å². The minimum Gasteiger partial charge on any atom is -0.454 e. The predicted molar refractivity (Wildman–Crippen MR) is 107 cm³/mol. The standard InChI is InChI=1S/C20H20N4O3S/c1-13-4-3-5-16(10-13)24-14(2)22-23-20(24)28-9-8-19(25)21-15-6-7-17-18(11-15)27-12-26-17/h3-7,10-11H,8-9,12H2,1-2H3,(H,21,25). The molecule has 0 aliphatic carbocycles. The van der Waals surface area contributed by atoms with Crippen molar-refractivity contribution < 1.29 is 14.3 Å². The first-order valence-corrected chi connectivity index (χ1v) is 9.90. The predicted octanol–water partition coefficient (Wildman–Crippen LogP) is 3.73. The summed E-state index contributed by atoms with van der Waals surface area (Å²) in [5.74, 6) is 2.69. The van der Waals surface area contributed by atoms with E-state index >= 15 is 0 Å². The molecule has 1 N–H and O–H groups in total. The molecule has 8 heteroatoms. The van der Waals surface area contributed by atoms with Gasteiger partial charge in [0, 0.05) is 29.6 Å². The Morgan fingerprint density at radius 2 is 2.00 bits per heavy atom. The van der Waals surface area contributed by atoms with Gasteiger partial charge in [0.05, 0.1) is 0 Å². The lowest BCUT2D eigenvalue weighted by Crippen LogP contribution is -2.12. The summed E-state index contributed by atoms with van der Waals surface area (Å²) in [4.78, 5) is 12.3. The molecule has 0 radical (unpaired) electrons. The highest BCUT2D eigenvalue weighted by Gasteiger charge is 2.15. The summed E-state index contributed by atoms with van der Waals surface area (Å²) in [5.41, 5.74) is 2.89. The van der Waals surface area contributed by atoms with Crippen LogP contribution in [0.25, 0.3) is 5.69 Å². The first kappa shape index (κ1) is 18.4. The number of aromatic nitrogens is 3. The van der Waals surface area contributed by atoms with Crippen molar-refractivity contribution in [1.82, 2.24) is 14.8 Å². The molecule has 0 spiro atoms. The number of aryl methyl sites for hydroxylation is 2. The SMILES string of the molecule is Cc1cccc(-n2c(C)nnc2SCCC(=O)Nc2ccc3c(c2)OCO3)c1. The van der Waals surface area contributed by atoms with Gasteiger partial charge in [0.2, 0.25) is 12.7 Å². The average Bonchev–Trinajstić information content (AvgIpc) is 3.28. The van der Waals surface area contributed by atoms with Crippen LogP contribution >= 0.6 is 11.8 Å². The molecule has 0 atom stereocenters. The smallest absolute Gasteiger partial charge is 0.231 e. The van der Waals surface area contributed by atoms with E-state index in [1.165, 1.54) is 17.3 Å². The number of fused-ring (bicyclic) bond motifs is 1. The first-order chi connectivity index (χ1) is 13.6. The summed E-state index contributed by atoms with van der Waals surface area (Å²) in [6.07, 6.45) is 0.360. The summed E-state index contributed by atoms with van der Waals surface area (Å²) in [6, 6.07) is 13.5. The van der Waals surface area contributed by atoms with Crippen molar-refractivity contribution in [2.45, 2.75) is 25.4 Å². The molecule has 0 fully saturated rings. The highest BCUT2D eigenvalue weighted by atomic mass is 32.2. The lowest BCUT2D eigenvalue weighted by molar-refractivity contribution is -0.115. The summed E-state index contributed by atoms with van der Waals surface area (Å²) in [5, 5.41) is 12.1. The summed E-state index contributed by atoms with van der Waals surface area (Å²) < 4.78 is 12.6. The molecular weight excluding hydrogens is 376 g/mol. The highest BCUT2D eigenvalue weighted by molar-refractivity contribution is 7.99.